The fraction of sp³-hybridized carbons (Fsp3) is 0.273. The second-order valence-corrected chi connectivity index (χ2v) is 4.03. The van der Waals surface area contributed by atoms with E-state index in [1.165, 1.54) is 6.07 Å². The normalized spacial score (nSPS) is 12.5. The van der Waals surface area contributed by atoms with Crippen molar-refractivity contribution >= 4 is 15.9 Å². The van der Waals surface area contributed by atoms with Gasteiger partial charge in [-0.2, -0.15) is 0 Å². The van der Waals surface area contributed by atoms with Crippen molar-refractivity contribution in [3.05, 3.63) is 46.5 Å². The van der Waals surface area contributed by atoms with Crippen LogP contribution in [-0.2, 0) is 0 Å². The molecule has 1 rings (SSSR count). The third-order valence-electron chi connectivity index (χ3n) is 2.15. The van der Waals surface area contributed by atoms with Gasteiger partial charge in [0.05, 0.1) is 4.47 Å². The first-order chi connectivity index (χ1) is 7.07. The lowest BCUT2D eigenvalue weighted by Gasteiger charge is -2.13. The minimum atomic E-state index is -0.887. The van der Waals surface area contributed by atoms with Crippen LogP contribution in [0.1, 0.15) is 24.4 Å². The summed E-state index contributed by atoms with van der Waals surface area (Å²) in [5.74, 6) is -1.76. The first-order valence-electron chi connectivity index (χ1n) is 4.57. The van der Waals surface area contributed by atoms with E-state index in [0.29, 0.717) is 12.0 Å². The molecule has 0 heterocycles. The van der Waals surface area contributed by atoms with Crippen molar-refractivity contribution in [1.82, 2.24) is 0 Å². The van der Waals surface area contributed by atoms with E-state index in [2.05, 4.69) is 22.5 Å². The van der Waals surface area contributed by atoms with Gasteiger partial charge in [0.1, 0.15) is 0 Å². The van der Waals surface area contributed by atoms with Crippen molar-refractivity contribution < 1.29 is 8.78 Å². The monoisotopic (exact) mass is 275 g/mol. The Balaban J connectivity index is 2.94. The van der Waals surface area contributed by atoms with E-state index in [9.17, 15) is 8.78 Å². The van der Waals surface area contributed by atoms with Crippen molar-refractivity contribution in [3.63, 3.8) is 0 Å². The van der Waals surface area contributed by atoms with Crippen molar-refractivity contribution in [3.8, 4) is 0 Å². The van der Waals surface area contributed by atoms with Gasteiger partial charge >= 0.3 is 0 Å². The molecule has 0 aliphatic rings. The predicted octanol–water partition coefficient (Wildman–Crippen LogP) is 3.69. The summed E-state index contributed by atoms with van der Waals surface area (Å²) in [4.78, 5) is 0. The fourth-order valence-electron chi connectivity index (χ4n) is 1.28. The number of allylic oxidation sites excluding steroid dienone is 1. The molecule has 0 aromatic heterocycles. The van der Waals surface area contributed by atoms with Gasteiger partial charge in [-0.05, 0) is 40.4 Å². The lowest BCUT2D eigenvalue weighted by atomic mass is 10.0. The van der Waals surface area contributed by atoms with Gasteiger partial charge in [-0.25, -0.2) is 8.78 Å². The van der Waals surface area contributed by atoms with Crippen LogP contribution in [-0.4, -0.2) is 0 Å². The Hall–Kier alpha value is -0.740. The molecular formula is C11H12BrF2N. The number of nitrogens with two attached hydrogens (primary N) is 1. The highest BCUT2D eigenvalue weighted by molar-refractivity contribution is 9.10. The molecule has 0 radical (unpaired) electrons. The summed E-state index contributed by atoms with van der Waals surface area (Å²) in [6, 6.07) is 2.27. The van der Waals surface area contributed by atoms with Gasteiger partial charge < -0.3 is 5.73 Å². The van der Waals surface area contributed by atoms with Crippen LogP contribution >= 0.6 is 15.9 Å². The van der Waals surface area contributed by atoms with Crippen LogP contribution in [0.3, 0.4) is 0 Å². The van der Waals surface area contributed by atoms with Crippen molar-refractivity contribution in [2.75, 3.05) is 0 Å². The molecule has 15 heavy (non-hydrogen) atoms. The standard InChI is InChI=1S/C11H12BrF2N/c1-2-3-4-9(15)7-5-6-8(13)11(14)10(7)12/h2,5-6,9H,1,3-4,15H2. The van der Waals surface area contributed by atoms with Crippen LogP contribution in [0.5, 0.6) is 0 Å². The first kappa shape index (κ1) is 12.3. The Bertz CT molecular complexity index is 366. The summed E-state index contributed by atoms with van der Waals surface area (Å²) in [6.45, 7) is 3.58. The summed E-state index contributed by atoms with van der Waals surface area (Å²) in [6.07, 6.45) is 3.15. The summed E-state index contributed by atoms with van der Waals surface area (Å²) in [7, 11) is 0. The smallest absolute Gasteiger partial charge is 0.173 e. The molecule has 0 fully saturated rings. The van der Waals surface area contributed by atoms with Crippen LogP contribution in [0.2, 0.25) is 0 Å². The molecule has 4 heteroatoms. The number of rotatable bonds is 4. The molecule has 1 unspecified atom stereocenters. The highest BCUT2D eigenvalue weighted by Gasteiger charge is 2.15. The number of halogens is 3. The largest absolute Gasteiger partial charge is 0.324 e. The maximum Gasteiger partial charge on any atom is 0.173 e. The Morgan fingerprint density at radius 1 is 1.47 bits per heavy atom. The van der Waals surface area contributed by atoms with Crippen LogP contribution in [0, 0.1) is 11.6 Å². The molecule has 0 aliphatic carbocycles. The minimum Gasteiger partial charge on any atom is -0.324 e. The molecule has 2 N–H and O–H groups in total. The molecule has 1 nitrogen and oxygen atoms in total. The van der Waals surface area contributed by atoms with Crippen LogP contribution in [0.15, 0.2) is 29.3 Å². The van der Waals surface area contributed by atoms with Gasteiger partial charge in [-0.1, -0.05) is 12.1 Å². The second kappa shape index (κ2) is 5.37. The third kappa shape index (κ3) is 2.86. The second-order valence-electron chi connectivity index (χ2n) is 3.24. The zero-order chi connectivity index (χ0) is 11.4. The van der Waals surface area contributed by atoms with E-state index >= 15 is 0 Å². The molecule has 1 aromatic rings. The van der Waals surface area contributed by atoms with Crippen LogP contribution in [0.25, 0.3) is 0 Å². The van der Waals surface area contributed by atoms with Crippen LogP contribution in [0.4, 0.5) is 8.78 Å². The highest BCUT2D eigenvalue weighted by atomic mass is 79.9. The molecule has 0 saturated carbocycles. The first-order valence-corrected chi connectivity index (χ1v) is 5.37. The van der Waals surface area contributed by atoms with Gasteiger partial charge in [0, 0.05) is 6.04 Å². The molecular weight excluding hydrogens is 264 g/mol. The molecule has 1 atom stereocenters. The summed E-state index contributed by atoms with van der Waals surface area (Å²) < 4.78 is 26.1. The fourth-order valence-corrected chi connectivity index (χ4v) is 1.90. The number of hydrogen-bond donors (Lipinski definition) is 1. The highest BCUT2D eigenvalue weighted by Crippen LogP contribution is 2.28. The maximum atomic E-state index is 13.2. The maximum absolute atomic E-state index is 13.2. The van der Waals surface area contributed by atoms with E-state index in [4.69, 9.17) is 5.73 Å². The van der Waals surface area contributed by atoms with E-state index in [1.807, 2.05) is 0 Å². The van der Waals surface area contributed by atoms with E-state index in [1.54, 1.807) is 6.08 Å². The minimum absolute atomic E-state index is 0.110. The van der Waals surface area contributed by atoms with Crippen molar-refractivity contribution in [1.29, 1.82) is 0 Å². The zero-order valence-electron chi connectivity index (χ0n) is 8.14. The predicted molar refractivity (Wildman–Crippen MR) is 60.4 cm³/mol. The molecule has 1 aromatic carbocycles. The quantitative estimate of drug-likeness (QED) is 0.658. The Labute approximate surface area is 96.1 Å². The molecule has 0 spiro atoms. The molecule has 0 aliphatic heterocycles. The molecule has 82 valence electrons. The Kier molecular flexibility index (Phi) is 4.42. The Morgan fingerprint density at radius 3 is 2.73 bits per heavy atom. The van der Waals surface area contributed by atoms with Crippen molar-refractivity contribution in [2.24, 2.45) is 5.73 Å². The van der Waals surface area contributed by atoms with E-state index in [-0.39, 0.29) is 10.5 Å². The van der Waals surface area contributed by atoms with Crippen LogP contribution < -0.4 is 5.73 Å². The summed E-state index contributed by atoms with van der Waals surface area (Å²) in [5, 5.41) is 0. The third-order valence-corrected chi connectivity index (χ3v) is 2.95. The Morgan fingerprint density at radius 2 is 2.13 bits per heavy atom. The number of benzene rings is 1. The zero-order valence-corrected chi connectivity index (χ0v) is 9.73. The van der Waals surface area contributed by atoms with Gasteiger partial charge in [-0.3, -0.25) is 0 Å². The van der Waals surface area contributed by atoms with Gasteiger partial charge in [-0.15, -0.1) is 6.58 Å². The average molecular weight is 276 g/mol. The van der Waals surface area contributed by atoms with Gasteiger partial charge in [0.25, 0.3) is 0 Å². The molecule has 0 amide bonds. The lowest BCUT2D eigenvalue weighted by Crippen LogP contribution is -2.11. The lowest BCUT2D eigenvalue weighted by molar-refractivity contribution is 0.499. The number of hydrogen-bond acceptors (Lipinski definition) is 1. The van der Waals surface area contributed by atoms with Gasteiger partial charge in [0.2, 0.25) is 0 Å². The SMILES string of the molecule is C=CCCC(N)c1ccc(F)c(F)c1Br. The van der Waals surface area contributed by atoms with Gasteiger partial charge in [0.15, 0.2) is 11.6 Å². The molecule has 0 saturated heterocycles. The summed E-state index contributed by atoms with van der Waals surface area (Å²) in [5.41, 5.74) is 6.41. The van der Waals surface area contributed by atoms with Crippen molar-refractivity contribution in [2.45, 2.75) is 18.9 Å². The topological polar surface area (TPSA) is 26.0 Å². The summed E-state index contributed by atoms with van der Waals surface area (Å²) >= 11 is 3.00. The van der Waals surface area contributed by atoms with E-state index < -0.39 is 11.6 Å². The molecule has 0 bridgehead atoms. The average Bonchev–Trinajstić information content (AvgIpc) is 2.23. The van der Waals surface area contributed by atoms with E-state index in [0.717, 1.165) is 12.5 Å².